The van der Waals surface area contributed by atoms with Crippen molar-refractivity contribution in [1.29, 1.82) is 0 Å². The summed E-state index contributed by atoms with van der Waals surface area (Å²) >= 11 is 0. The van der Waals surface area contributed by atoms with E-state index in [2.05, 4.69) is 40.2 Å². The van der Waals surface area contributed by atoms with Gasteiger partial charge in [0.15, 0.2) is 11.5 Å². The molecule has 1 amide bonds. The minimum Gasteiger partial charge on any atom is -0.313 e. The summed E-state index contributed by atoms with van der Waals surface area (Å²) in [6, 6.07) is 28.8. The number of rotatable bonds is 2. The van der Waals surface area contributed by atoms with Gasteiger partial charge in [-0.3, -0.25) is 9.69 Å². The maximum absolute atomic E-state index is 13.8. The third-order valence-electron chi connectivity index (χ3n) is 6.90. The maximum atomic E-state index is 13.8. The average Bonchev–Trinajstić information content (AvgIpc) is 3.40. The second-order valence-corrected chi connectivity index (χ2v) is 8.48. The van der Waals surface area contributed by atoms with Crippen molar-refractivity contribution >= 4 is 28.8 Å². The first-order valence-corrected chi connectivity index (χ1v) is 10.9. The van der Waals surface area contributed by atoms with Gasteiger partial charge in [-0.05, 0) is 43.5 Å². The van der Waals surface area contributed by atoms with Gasteiger partial charge in [0.2, 0.25) is 5.91 Å². The van der Waals surface area contributed by atoms with Gasteiger partial charge in [-0.1, -0.05) is 60.7 Å². The summed E-state index contributed by atoms with van der Waals surface area (Å²) in [5.41, 5.74) is 3.48. The number of fused-ring (bicyclic) bond motifs is 2. The average molecular weight is 409 g/mol. The van der Waals surface area contributed by atoms with Gasteiger partial charge in [-0.15, -0.1) is 0 Å². The van der Waals surface area contributed by atoms with Crippen LogP contribution in [0.5, 0.6) is 0 Å². The Bertz CT molecular complexity index is 1180. The zero-order valence-corrected chi connectivity index (χ0v) is 17.5. The Morgan fingerprint density at radius 3 is 2.26 bits per heavy atom. The van der Waals surface area contributed by atoms with Gasteiger partial charge in [-0.2, -0.15) is 5.10 Å². The number of para-hydroxylation sites is 3. The van der Waals surface area contributed by atoms with Crippen molar-refractivity contribution in [2.75, 3.05) is 21.9 Å². The molecular formula is C26H24N4O. The molecule has 3 aromatic carbocycles. The van der Waals surface area contributed by atoms with Gasteiger partial charge in [0.25, 0.3) is 0 Å². The summed E-state index contributed by atoms with van der Waals surface area (Å²) in [5.74, 6) is 0.889. The molecule has 2 aliphatic heterocycles. The molecular weight excluding hydrogens is 384 g/mol. The third-order valence-corrected chi connectivity index (χ3v) is 6.90. The fourth-order valence-electron chi connectivity index (χ4n) is 5.55. The predicted molar refractivity (Wildman–Crippen MR) is 124 cm³/mol. The molecule has 3 aromatic rings. The van der Waals surface area contributed by atoms with E-state index in [1.54, 1.807) is 0 Å². The Hall–Kier alpha value is -3.60. The van der Waals surface area contributed by atoms with E-state index in [1.165, 1.54) is 0 Å². The number of amidine groups is 1. The number of carbonyl (C=O) groups is 1. The Morgan fingerprint density at radius 2 is 1.52 bits per heavy atom. The molecule has 2 unspecified atom stereocenters. The number of nitrogens with zero attached hydrogens (tertiary/aromatic N) is 4. The zero-order chi connectivity index (χ0) is 21.0. The van der Waals surface area contributed by atoms with Crippen molar-refractivity contribution in [3.63, 3.8) is 0 Å². The second-order valence-electron chi connectivity index (χ2n) is 8.48. The van der Waals surface area contributed by atoms with E-state index >= 15 is 0 Å². The van der Waals surface area contributed by atoms with Crippen LogP contribution in [0.2, 0.25) is 0 Å². The van der Waals surface area contributed by atoms with Crippen LogP contribution in [0.3, 0.4) is 0 Å². The lowest BCUT2D eigenvalue weighted by Gasteiger charge is -2.44. The van der Waals surface area contributed by atoms with Crippen LogP contribution in [-0.4, -0.2) is 24.5 Å². The largest absolute Gasteiger partial charge is 0.313 e. The van der Waals surface area contributed by atoms with E-state index < -0.39 is 5.66 Å². The lowest BCUT2D eigenvalue weighted by atomic mass is 9.91. The summed E-state index contributed by atoms with van der Waals surface area (Å²) < 4.78 is 0. The van der Waals surface area contributed by atoms with Crippen molar-refractivity contribution < 1.29 is 4.79 Å². The molecule has 6 rings (SSSR count). The Morgan fingerprint density at radius 1 is 0.871 bits per heavy atom. The molecule has 0 saturated heterocycles. The number of benzene rings is 3. The van der Waals surface area contributed by atoms with Gasteiger partial charge >= 0.3 is 0 Å². The van der Waals surface area contributed by atoms with Crippen LogP contribution in [-0.2, 0) is 4.79 Å². The molecule has 1 spiro atoms. The first kappa shape index (κ1) is 18.2. The van der Waals surface area contributed by atoms with Crippen molar-refractivity contribution in [2.24, 2.45) is 11.0 Å². The molecule has 3 aliphatic rings. The Kier molecular flexibility index (Phi) is 3.93. The normalized spacial score (nSPS) is 24.4. The van der Waals surface area contributed by atoms with E-state index in [0.29, 0.717) is 0 Å². The van der Waals surface area contributed by atoms with Crippen LogP contribution < -0.4 is 14.8 Å². The summed E-state index contributed by atoms with van der Waals surface area (Å²) in [4.78, 5) is 18.0. The molecule has 1 fully saturated rings. The summed E-state index contributed by atoms with van der Waals surface area (Å²) in [6.07, 6.45) is 2.72. The maximum Gasteiger partial charge on any atom is 0.234 e. The molecule has 154 valence electrons. The molecule has 1 aliphatic carbocycles. The fraction of sp³-hybridized carbons (Fsp3) is 0.231. The number of anilines is 3. The number of hydrogen-bond donors (Lipinski definition) is 0. The minimum absolute atomic E-state index is 0.165. The lowest BCUT2D eigenvalue weighted by Crippen LogP contribution is -2.60. The first-order valence-electron chi connectivity index (χ1n) is 10.9. The molecule has 0 bridgehead atoms. The molecule has 5 nitrogen and oxygen atoms in total. The van der Waals surface area contributed by atoms with Crippen LogP contribution in [0.15, 0.2) is 90.0 Å². The van der Waals surface area contributed by atoms with Crippen molar-refractivity contribution in [3.8, 4) is 0 Å². The smallest absolute Gasteiger partial charge is 0.234 e. The van der Waals surface area contributed by atoms with E-state index in [-0.39, 0.29) is 11.8 Å². The number of hydrogen-bond acceptors (Lipinski definition) is 4. The van der Waals surface area contributed by atoms with Crippen LogP contribution in [0.4, 0.5) is 17.1 Å². The van der Waals surface area contributed by atoms with Crippen LogP contribution in [0.25, 0.3) is 0 Å². The third kappa shape index (κ3) is 2.43. The fourth-order valence-corrected chi connectivity index (χ4v) is 5.55. The highest BCUT2D eigenvalue weighted by molar-refractivity contribution is 6.18. The topological polar surface area (TPSA) is 39.2 Å². The highest BCUT2D eigenvalue weighted by Gasteiger charge is 2.62. The highest BCUT2D eigenvalue weighted by atomic mass is 16.2. The first-order chi connectivity index (χ1) is 15.2. The molecule has 31 heavy (non-hydrogen) atoms. The molecule has 2 heterocycles. The number of carbonyl (C=O) groups excluding carboxylic acids is 1. The van der Waals surface area contributed by atoms with E-state index in [9.17, 15) is 4.79 Å². The van der Waals surface area contributed by atoms with E-state index in [4.69, 9.17) is 5.10 Å². The lowest BCUT2D eigenvalue weighted by molar-refractivity contribution is -0.123. The van der Waals surface area contributed by atoms with Crippen molar-refractivity contribution in [2.45, 2.75) is 24.9 Å². The summed E-state index contributed by atoms with van der Waals surface area (Å²) in [5, 5.41) is 7.34. The molecule has 1 saturated carbocycles. The molecule has 2 atom stereocenters. The second kappa shape index (κ2) is 6.71. The molecule has 0 radical (unpaired) electrons. The van der Waals surface area contributed by atoms with Crippen LogP contribution in [0.1, 0.15) is 24.8 Å². The van der Waals surface area contributed by atoms with Gasteiger partial charge in [0.1, 0.15) is 0 Å². The van der Waals surface area contributed by atoms with Crippen molar-refractivity contribution in [3.05, 3.63) is 90.5 Å². The molecule has 0 N–H and O–H groups in total. The molecule has 0 aromatic heterocycles. The van der Waals surface area contributed by atoms with E-state index in [0.717, 1.165) is 47.7 Å². The minimum atomic E-state index is -0.551. The van der Waals surface area contributed by atoms with Gasteiger partial charge in [-0.25, -0.2) is 5.01 Å². The van der Waals surface area contributed by atoms with Gasteiger partial charge in [0.05, 0.1) is 23.0 Å². The number of amides is 1. The van der Waals surface area contributed by atoms with E-state index in [1.807, 2.05) is 66.5 Å². The van der Waals surface area contributed by atoms with Crippen molar-refractivity contribution in [1.82, 2.24) is 0 Å². The number of hydrazone groups is 1. The molecule has 5 heteroatoms. The Labute approximate surface area is 182 Å². The predicted octanol–water partition coefficient (Wildman–Crippen LogP) is 4.85. The van der Waals surface area contributed by atoms with Crippen LogP contribution in [0, 0.1) is 5.92 Å². The summed E-state index contributed by atoms with van der Waals surface area (Å²) in [7, 11) is 1.90. The van der Waals surface area contributed by atoms with Gasteiger partial charge in [0, 0.05) is 12.6 Å². The van der Waals surface area contributed by atoms with Crippen LogP contribution >= 0.6 is 0 Å². The zero-order valence-electron chi connectivity index (χ0n) is 17.5. The summed E-state index contributed by atoms with van der Waals surface area (Å²) in [6.45, 7) is 0. The van der Waals surface area contributed by atoms with Gasteiger partial charge < -0.3 is 4.90 Å². The SMILES string of the molecule is CN1C(=O)C2CCCC23N(c2ccccc2)N=C(c2ccccc2)N3c2ccccc21. The quantitative estimate of drug-likeness (QED) is 0.609. The standard InChI is InChI=1S/C26H24N4O/c1-28-22-16-8-9-17-23(22)29-24(19-11-4-2-5-12-19)27-30(20-13-6-3-7-14-20)26(29)18-10-15-21(26)25(28)31/h2-9,11-14,16-17,21H,10,15,18H2,1H3. The highest BCUT2D eigenvalue weighted by Crippen LogP contribution is 2.54. The Balaban J connectivity index is 1.67. The monoisotopic (exact) mass is 408 g/mol.